The van der Waals surface area contributed by atoms with Crippen LogP contribution >= 0.6 is 15.9 Å². The highest BCUT2D eigenvalue weighted by atomic mass is 79.9. The molecule has 0 fully saturated rings. The van der Waals surface area contributed by atoms with Crippen LogP contribution in [-0.4, -0.2) is 20.6 Å². The zero-order chi connectivity index (χ0) is 14.3. The molecule has 0 saturated carbocycles. The van der Waals surface area contributed by atoms with Crippen LogP contribution in [0.5, 0.6) is 0 Å². The van der Waals surface area contributed by atoms with Gasteiger partial charge in [0.25, 0.3) is 0 Å². The molecule has 0 aliphatic carbocycles. The Morgan fingerprint density at radius 3 is 2.70 bits per heavy atom. The summed E-state index contributed by atoms with van der Waals surface area (Å²) in [5.41, 5.74) is 1.63. The molecular weight excluding hydrogens is 324 g/mol. The molecule has 2 N–H and O–H groups in total. The first-order valence-corrected chi connectivity index (χ1v) is 6.59. The van der Waals surface area contributed by atoms with Crippen molar-refractivity contribution >= 4 is 32.9 Å². The molecule has 3 rings (SSSR count). The Labute approximate surface area is 121 Å². The van der Waals surface area contributed by atoms with E-state index in [0.29, 0.717) is 16.7 Å². The van der Waals surface area contributed by atoms with Crippen LogP contribution in [0.15, 0.2) is 51.7 Å². The molecule has 0 bridgehead atoms. The van der Waals surface area contributed by atoms with Crippen molar-refractivity contribution in [1.82, 2.24) is 9.55 Å². The normalized spacial score (nSPS) is 10.8. The summed E-state index contributed by atoms with van der Waals surface area (Å²) in [6.07, 6.45) is 0. The third-order valence-corrected chi connectivity index (χ3v) is 3.49. The molecule has 2 aromatic carbocycles. The number of carbonyl (C=O) groups is 1. The van der Waals surface area contributed by atoms with Crippen molar-refractivity contribution in [1.29, 1.82) is 0 Å². The number of carboxylic acids is 1. The fourth-order valence-corrected chi connectivity index (χ4v) is 2.49. The van der Waals surface area contributed by atoms with E-state index in [9.17, 15) is 9.59 Å². The van der Waals surface area contributed by atoms with Crippen LogP contribution in [0.1, 0.15) is 10.4 Å². The topological polar surface area (TPSA) is 75.1 Å². The first-order valence-electron chi connectivity index (χ1n) is 5.80. The molecule has 3 aromatic rings. The van der Waals surface area contributed by atoms with E-state index in [1.54, 1.807) is 18.2 Å². The van der Waals surface area contributed by atoms with Gasteiger partial charge in [0, 0.05) is 4.47 Å². The van der Waals surface area contributed by atoms with Gasteiger partial charge in [-0.05, 0) is 36.4 Å². The minimum atomic E-state index is -1.03. The van der Waals surface area contributed by atoms with Gasteiger partial charge in [0.2, 0.25) is 0 Å². The van der Waals surface area contributed by atoms with Gasteiger partial charge in [0.05, 0.1) is 22.3 Å². The Bertz CT molecular complexity index is 880. The summed E-state index contributed by atoms with van der Waals surface area (Å²) in [6.45, 7) is 0. The number of hydrogen-bond donors (Lipinski definition) is 2. The first-order chi connectivity index (χ1) is 9.56. The highest BCUT2D eigenvalue weighted by Crippen LogP contribution is 2.20. The summed E-state index contributed by atoms with van der Waals surface area (Å²) >= 11 is 3.35. The third-order valence-electron chi connectivity index (χ3n) is 3.00. The number of benzene rings is 2. The van der Waals surface area contributed by atoms with Crippen LogP contribution in [0.2, 0.25) is 0 Å². The largest absolute Gasteiger partial charge is 0.478 e. The Kier molecular flexibility index (Phi) is 2.94. The molecule has 0 aliphatic heterocycles. The van der Waals surface area contributed by atoms with Gasteiger partial charge in [-0.1, -0.05) is 22.0 Å². The quantitative estimate of drug-likeness (QED) is 0.757. The number of aromatic nitrogens is 2. The zero-order valence-electron chi connectivity index (χ0n) is 10.1. The molecule has 0 spiro atoms. The van der Waals surface area contributed by atoms with E-state index in [1.165, 1.54) is 16.7 Å². The Hall–Kier alpha value is -2.34. The highest BCUT2D eigenvalue weighted by molar-refractivity contribution is 9.10. The van der Waals surface area contributed by atoms with E-state index in [4.69, 9.17) is 5.11 Å². The van der Waals surface area contributed by atoms with Crippen LogP contribution in [-0.2, 0) is 0 Å². The minimum absolute atomic E-state index is 0.139. The van der Waals surface area contributed by atoms with Gasteiger partial charge in [0.15, 0.2) is 0 Å². The van der Waals surface area contributed by atoms with Gasteiger partial charge in [-0.15, -0.1) is 0 Å². The number of nitrogens with zero attached hydrogens (tertiary/aromatic N) is 1. The molecule has 1 aromatic heterocycles. The number of imidazole rings is 1. The number of halogens is 1. The van der Waals surface area contributed by atoms with Crippen LogP contribution in [0.4, 0.5) is 0 Å². The predicted octanol–water partition coefficient (Wildman–Crippen LogP) is 2.78. The maximum absolute atomic E-state index is 12.1. The maximum atomic E-state index is 12.1. The molecule has 100 valence electrons. The van der Waals surface area contributed by atoms with Gasteiger partial charge >= 0.3 is 11.7 Å². The monoisotopic (exact) mass is 332 g/mol. The zero-order valence-corrected chi connectivity index (χ0v) is 11.7. The molecule has 5 nitrogen and oxygen atoms in total. The average Bonchev–Trinajstić information content (AvgIpc) is 2.73. The second-order valence-electron chi connectivity index (χ2n) is 4.28. The molecule has 0 saturated heterocycles. The van der Waals surface area contributed by atoms with Crippen molar-refractivity contribution in [3.05, 3.63) is 63.0 Å². The van der Waals surface area contributed by atoms with Crippen molar-refractivity contribution in [2.75, 3.05) is 0 Å². The number of carboxylic acid groups (broad SMARTS) is 1. The van der Waals surface area contributed by atoms with E-state index < -0.39 is 5.97 Å². The summed E-state index contributed by atoms with van der Waals surface area (Å²) < 4.78 is 2.29. The second-order valence-corrected chi connectivity index (χ2v) is 5.20. The van der Waals surface area contributed by atoms with E-state index in [2.05, 4.69) is 20.9 Å². The van der Waals surface area contributed by atoms with Gasteiger partial charge in [-0.2, -0.15) is 0 Å². The number of H-pyrrole nitrogens is 1. The van der Waals surface area contributed by atoms with Gasteiger partial charge < -0.3 is 10.1 Å². The Morgan fingerprint density at radius 1 is 1.20 bits per heavy atom. The number of nitrogens with one attached hydrogen (secondary N) is 1. The first kappa shape index (κ1) is 12.7. The van der Waals surface area contributed by atoms with Gasteiger partial charge in [-0.3, -0.25) is 4.57 Å². The summed E-state index contributed by atoms with van der Waals surface area (Å²) in [5, 5.41) is 9.05. The fraction of sp³-hybridized carbons (Fsp3) is 0. The number of aromatic amines is 1. The van der Waals surface area contributed by atoms with Crippen LogP contribution in [0.25, 0.3) is 16.7 Å². The van der Waals surface area contributed by atoms with Crippen molar-refractivity contribution in [2.45, 2.75) is 0 Å². The number of rotatable bonds is 2. The molecular formula is C14H9BrN2O3. The van der Waals surface area contributed by atoms with Crippen LogP contribution < -0.4 is 5.69 Å². The third kappa shape index (κ3) is 2.04. The summed E-state index contributed by atoms with van der Waals surface area (Å²) in [6, 6.07) is 11.8. The van der Waals surface area contributed by atoms with Crippen molar-refractivity contribution in [2.24, 2.45) is 0 Å². The van der Waals surface area contributed by atoms with E-state index in [1.807, 2.05) is 12.1 Å². The van der Waals surface area contributed by atoms with Crippen molar-refractivity contribution < 1.29 is 9.90 Å². The van der Waals surface area contributed by atoms with Gasteiger partial charge in [0.1, 0.15) is 0 Å². The highest BCUT2D eigenvalue weighted by Gasteiger charge is 2.11. The average molecular weight is 333 g/mol. The number of fused-ring (bicyclic) bond motifs is 1. The molecule has 0 amide bonds. The lowest BCUT2D eigenvalue weighted by Crippen LogP contribution is -2.14. The van der Waals surface area contributed by atoms with Gasteiger partial charge in [-0.25, -0.2) is 9.59 Å². The standard InChI is InChI=1S/C14H9BrN2O3/c15-9-2-1-3-10(7-9)17-12-6-8(13(18)19)4-5-11(12)16-14(17)20/h1-7H,(H,16,20)(H,18,19). The van der Waals surface area contributed by atoms with E-state index in [0.717, 1.165) is 4.47 Å². The number of hydrogen-bond acceptors (Lipinski definition) is 2. The summed E-state index contributed by atoms with van der Waals surface area (Å²) in [4.78, 5) is 25.8. The molecule has 0 aliphatic rings. The SMILES string of the molecule is O=C(O)c1ccc2[nH]c(=O)n(-c3cccc(Br)c3)c2c1. The molecule has 1 heterocycles. The Morgan fingerprint density at radius 2 is 2.00 bits per heavy atom. The van der Waals surface area contributed by atoms with Crippen molar-refractivity contribution in [3.8, 4) is 5.69 Å². The molecule has 0 atom stereocenters. The maximum Gasteiger partial charge on any atom is 0.335 e. The van der Waals surface area contributed by atoms with Crippen molar-refractivity contribution in [3.63, 3.8) is 0 Å². The Balaban J connectivity index is 2.34. The van der Waals surface area contributed by atoms with E-state index >= 15 is 0 Å². The lowest BCUT2D eigenvalue weighted by Gasteiger charge is -2.04. The van der Waals surface area contributed by atoms with E-state index in [-0.39, 0.29) is 11.3 Å². The molecule has 20 heavy (non-hydrogen) atoms. The number of aromatic carboxylic acids is 1. The molecule has 6 heteroatoms. The van der Waals surface area contributed by atoms with Crippen LogP contribution in [0, 0.1) is 0 Å². The molecule has 0 radical (unpaired) electrons. The lowest BCUT2D eigenvalue weighted by molar-refractivity contribution is 0.0697. The fourth-order valence-electron chi connectivity index (χ4n) is 2.11. The second kappa shape index (κ2) is 4.64. The summed E-state index contributed by atoms with van der Waals surface area (Å²) in [5.74, 6) is -1.03. The lowest BCUT2D eigenvalue weighted by atomic mass is 10.2. The summed E-state index contributed by atoms with van der Waals surface area (Å²) in [7, 11) is 0. The van der Waals surface area contributed by atoms with Crippen LogP contribution in [0.3, 0.4) is 0 Å². The minimum Gasteiger partial charge on any atom is -0.478 e. The predicted molar refractivity (Wildman–Crippen MR) is 78.6 cm³/mol. The molecule has 0 unspecified atom stereocenters. The smallest absolute Gasteiger partial charge is 0.335 e.